The molecule has 0 unspecified atom stereocenters. The van der Waals surface area contributed by atoms with Gasteiger partial charge in [0.2, 0.25) is 5.82 Å². The van der Waals surface area contributed by atoms with Gasteiger partial charge in [-0.1, -0.05) is 21.1 Å². The van der Waals surface area contributed by atoms with E-state index in [0.717, 1.165) is 20.5 Å². The highest BCUT2D eigenvalue weighted by atomic mass is 79.9. The Morgan fingerprint density at radius 1 is 1.26 bits per heavy atom. The number of hydrogen-bond donors (Lipinski definition) is 1. The summed E-state index contributed by atoms with van der Waals surface area (Å²) in [5.74, 6) is 0.897. The Morgan fingerprint density at radius 2 is 2.04 bits per heavy atom. The number of halogens is 1. The van der Waals surface area contributed by atoms with Crippen molar-refractivity contribution in [2.24, 2.45) is 0 Å². The summed E-state index contributed by atoms with van der Waals surface area (Å²) in [5, 5.41) is 4.59. The summed E-state index contributed by atoms with van der Waals surface area (Å²) >= 11 is 4.76. The molecule has 114 valence electrons. The summed E-state index contributed by atoms with van der Waals surface area (Å²) in [6.07, 6.45) is 1.39. The maximum Gasteiger partial charge on any atom is 0.268 e. The van der Waals surface area contributed by atoms with Gasteiger partial charge in [-0.3, -0.25) is 4.79 Å². The minimum Gasteiger partial charge on any atom is -0.333 e. The van der Waals surface area contributed by atoms with Crippen LogP contribution in [-0.4, -0.2) is 20.1 Å². The summed E-state index contributed by atoms with van der Waals surface area (Å²) in [6, 6.07) is 7.64. The molecule has 3 aromatic heterocycles. The predicted octanol–water partition coefficient (Wildman–Crippen LogP) is 3.77. The molecule has 1 aromatic carbocycles. The van der Waals surface area contributed by atoms with Crippen LogP contribution in [0.3, 0.4) is 0 Å². The number of rotatable bonds is 2. The SMILES string of the molecule is Cc1c(-c2nc(-c3ccc(Br)cc3)no2)sc2nc[nH]c(=O)c12. The number of nitrogens with one attached hydrogen (secondary N) is 1. The number of nitrogens with zero attached hydrogens (tertiary/aromatic N) is 3. The number of hydrogen-bond acceptors (Lipinski definition) is 6. The van der Waals surface area contributed by atoms with E-state index in [1.54, 1.807) is 0 Å². The Morgan fingerprint density at radius 3 is 2.78 bits per heavy atom. The first-order valence-corrected chi connectivity index (χ1v) is 8.31. The van der Waals surface area contributed by atoms with E-state index in [9.17, 15) is 4.79 Å². The maximum absolute atomic E-state index is 11.9. The van der Waals surface area contributed by atoms with Crippen LogP contribution in [0, 0.1) is 6.92 Å². The first-order chi connectivity index (χ1) is 11.1. The minimum atomic E-state index is -0.164. The molecule has 4 aromatic rings. The zero-order valence-corrected chi connectivity index (χ0v) is 14.2. The quantitative estimate of drug-likeness (QED) is 0.564. The summed E-state index contributed by atoms with van der Waals surface area (Å²) in [4.78, 5) is 24.6. The number of aromatic amines is 1. The maximum atomic E-state index is 11.9. The first-order valence-electron chi connectivity index (χ1n) is 6.70. The molecule has 0 bridgehead atoms. The van der Waals surface area contributed by atoms with Gasteiger partial charge in [0.15, 0.2) is 0 Å². The van der Waals surface area contributed by atoms with Crippen molar-refractivity contribution in [1.29, 1.82) is 0 Å². The van der Waals surface area contributed by atoms with E-state index in [4.69, 9.17) is 4.52 Å². The highest BCUT2D eigenvalue weighted by molar-refractivity contribution is 9.10. The van der Waals surface area contributed by atoms with Crippen molar-refractivity contribution in [3.8, 4) is 22.2 Å². The van der Waals surface area contributed by atoms with Gasteiger partial charge in [-0.25, -0.2) is 4.98 Å². The van der Waals surface area contributed by atoms with Gasteiger partial charge in [0.1, 0.15) is 4.83 Å². The average Bonchev–Trinajstić information content (AvgIpc) is 3.14. The largest absolute Gasteiger partial charge is 0.333 e. The molecule has 0 radical (unpaired) electrons. The molecule has 1 N–H and O–H groups in total. The smallest absolute Gasteiger partial charge is 0.268 e. The molecule has 0 amide bonds. The molecule has 8 heteroatoms. The van der Waals surface area contributed by atoms with Crippen LogP contribution in [0.5, 0.6) is 0 Å². The molecule has 23 heavy (non-hydrogen) atoms. The molecule has 0 fully saturated rings. The second kappa shape index (κ2) is 5.39. The van der Waals surface area contributed by atoms with Crippen molar-refractivity contribution >= 4 is 37.5 Å². The van der Waals surface area contributed by atoms with Crippen LogP contribution in [-0.2, 0) is 0 Å². The second-order valence-corrected chi connectivity index (χ2v) is 6.81. The zero-order valence-electron chi connectivity index (χ0n) is 11.8. The van der Waals surface area contributed by atoms with Crippen LogP contribution in [0.25, 0.3) is 32.4 Å². The topological polar surface area (TPSA) is 84.7 Å². The van der Waals surface area contributed by atoms with Crippen molar-refractivity contribution in [3.63, 3.8) is 0 Å². The Balaban J connectivity index is 1.83. The number of H-pyrrole nitrogens is 1. The molecule has 4 rings (SSSR count). The zero-order chi connectivity index (χ0) is 16.0. The van der Waals surface area contributed by atoms with Gasteiger partial charge in [0, 0.05) is 10.0 Å². The van der Waals surface area contributed by atoms with Gasteiger partial charge < -0.3 is 9.51 Å². The van der Waals surface area contributed by atoms with Gasteiger partial charge in [0.05, 0.1) is 16.6 Å². The molecule has 3 heterocycles. The van der Waals surface area contributed by atoms with E-state index in [-0.39, 0.29) is 5.56 Å². The Bertz CT molecular complexity index is 1070. The number of thiophene rings is 1. The summed E-state index contributed by atoms with van der Waals surface area (Å²) < 4.78 is 6.37. The van der Waals surface area contributed by atoms with Crippen molar-refractivity contribution < 1.29 is 4.52 Å². The van der Waals surface area contributed by atoms with Gasteiger partial charge in [0.25, 0.3) is 11.4 Å². The number of aryl methyl sites for hydroxylation is 1. The minimum absolute atomic E-state index is 0.164. The fraction of sp³-hybridized carbons (Fsp3) is 0.0667. The normalized spacial score (nSPS) is 11.2. The molecule has 0 aliphatic heterocycles. The van der Waals surface area contributed by atoms with Gasteiger partial charge in [-0.15, -0.1) is 11.3 Å². The third-order valence-corrected chi connectivity index (χ3v) is 5.17. The third kappa shape index (κ3) is 2.40. The number of aromatic nitrogens is 4. The lowest BCUT2D eigenvalue weighted by Crippen LogP contribution is -2.05. The van der Waals surface area contributed by atoms with Crippen molar-refractivity contribution in [2.45, 2.75) is 6.92 Å². The van der Waals surface area contributed by atoms with Crippen molar-refractivity contribution in [3.05, 3.63) is 51.0 Å². The van der Waals surface area contributed by atoms with Crippen LogP contribution in [0.4, 0.5) is 0 Å². The Kier molecular flexibility index (Phi) is 3.35. The first kappa shape index (κ1) is 14.3. The van der Waals surface area contributed by atoms with Crippen molar-refractivity contribution in [2.75, 3.05) is 0 Å². The fourth-order valence-corrected chi connectivity index (χ4v) is 3.65. The molecule has 6 nitrogen and oxygen atoms in total. The van der Waals surface area contributed by atoms with E-state index >= 15 is 0 Å². The average molecular weight is 389 g/mol. The van der Waals surface area contributed by atoms with Gasteiger partial charge in [-0.2, -0.15) is 4.98 Å². The lowest BCUT2D eigenvalue weighted by atomic mass is 10.2. The van der Waals surface area contributed by atoms with Crippen LogP contribution in [0.15, 0.2) is 44.4 Å². The monoisotopic (exact) mass is 388 g/mol. The molecule has 0 atom stereocenters. The molecule has 0 aliphatic carbocycles. The summed E-state index contributed by atoms with van der Waals surface area (Å²) in [5.41, 5.74) is 1.49. The van der Waals surface area contributed by atoms with E-state index in [1.807, 2.05) is 31.2 Å². The van der Waals surface area contributed by atoms with Crippen LogP contribution < -0.4 is 5.56 Å². The van der Waals surface area contributed by atoms with E-state index in [0.29, 0.717) is 21.9 Å². The lowest BCUT2D eigenvalue weighted by Gasteiger charge is -1.93. The molecular weight excluding hydrogens is 380 g/mol. The lowest BCUT2D eigenvalue weighted by molar-refractivity contribution is 0.433. The van der Waals surface area contributed by atoms with E-state index in [2.05, 4.69) is 36.0 Å². The van der Waals surface area contributed by atoms with Gasteiger partial charge in [-0.05, 0) is 36.8 Å². The van der Waals surface area contributed by atoms with Crippen LogP contribution in [0.1, 0.15) is 5.56 Å². The highest BCUT2D eigenvalue weighted by Gasteiger charge is 2.19. The molecule has 0 saturated heterocycles. The fourth-order valence-electron chi connectivity index (χ4n) is 2.31. The van der Waals surface area contributed by atoms with E-state index < -0.39 is 0 Å². The second-order valence-electron chi connectivity index (χ2n) is 4.90. The van der Waals surface area contributed by atoms with E-state index in [1.165, 1.54) is 17.7 Å². The molecular formula is C15H9BrN4O2S. The molecule has 0 aliphatic rings. The number of benzene rings is 1. The third-order valence-electron chi connectivity index (χ3n) is 3.46. The van der Waals surface area contributed by atoms with Crippen LogP contribution >= 0.6 is 27.3 Å². The summed E-state index contributed by atoms with van der Waals surface area (Å²) in [7, 11) is 0. The van der Waals surface area contributed by atoms with Crippen molar-refractivity contribution in [1.82, 2.24) is 20.1 Å². The van der Waals surface area contributed by atoms with Gasteiger partial charge >= 0.3 is 0 Å². The Labute approximate surface area is 142 Å². The molecule has 0 spiro atoms. The number of fused-ring (bicyclic) bond motifs is 1. The Hall–Kier alpha value is -2.32. The summed E-state index contributed by atoms with van der Waals surface area (Å²) in [6.45, 7) is 1.86. The highest BCUT2D eigenvalue weighted by Crippen LogP contribution is 2.35. The standard InChI is InChI=1S/C15H9BrN4O2S/c1-7-10-13(21)17-6-18-15(10)23-11(7)14-19-12(20-22-14)8-2-4-9(16)5-3-8/h2-6H,1H3,(H,17,18,21). The molecule has 0 saturated carbocycles. The van der Waals surface area contributed by atoms with Crippen LogP contribution in [0.2, 0.25) is 0 Å². The predicted molar refractivity (Wildman–Crippen MR) is 91.4 cm³/mol.